The van der Waals surface area contributed by atoms with Gasteiger partial charge >= 0.3 is 10.4 Å². The number of alkyl halides is 1. The lowest BCUT2D eigenvalue weighted by atomic mass is 10.1. The molecule has 0 atom stereocenters. The molecule has 36 nitrogen and oxygen atoms in total. The van der Waals surface area contributed by atoms with Crippen LogP contribution in [0.5, 0.6) is 34.8 Å². The number of rotatable bonds is 27. The standard InChI is InChI=1S/C25H27N5O3.C14H12ClN3O3.C11H14N2O3.2C11H16N2O.C8H8N2O2.C8H9N.C3H7BrO.C2H6O.ClH.H2O4S/c1-4-11-30-15-17-9-10-20(12-18(17)16-30)28-25-26-14-22(32-3)24(29-25)33-21-8-6-7-19(13-21)27-23(31)5-2;1-3-12(19)17-9-5-4-6-10(7-9)21-13-11(20-2)8-16-14(15)18-13;1-16-5-4-12-7-9-2-3-11(13(14)15)6-10(9)8-12;2*1-14-5-4-13-7-9-2-3-11(12)6-10(9)8-13;11-10(12)8-2-1-6-4-9-5-7(6)3-8;1-2-4-8-6-9-5-7(8)3-1;1-5-3-2-4;1-2-3;;1-5(2,3)4/h5-10,12-14H,2,4,11,15-16H2,1,3H3,(H,27,31)(H,26,28,29);3-8H,1H2,2H3,(H,17,19);2-3,6H,4-5,7-8H2,1H3;2*2-3,6H,4-5,7-8,12H2,1H3;1-3,9H,4-5H2;1-4,9H,5-6H2;2-3H2,1H3;3H,2H2,1H3;1H;(H2,1,2,3,4). The zero-order valence-corrected chi connectivity index (χ0v) is 79.6. The Hall–Kier alpha value is -11.8. The summed E-state index contributed by atoms with van der Waals surface area (Å²) in [4.78, 5) is 69.1. The SMILES string of the molecule is C=CC(=O)Nc1cccc(Oc2nc(Cl)ncc2OC)c1.C=CC(=O)Nc1cccc(Oc2nc(Nc3ccc4c(c3)CN(CCC)C4)ncc2OC)c1.CCO.COCCBr.COCCN1Cc2ccc(N)cc2C1.COCCN1Cc2ccc(N)cc2C1.COCCN1Cc2ccc([N+](=O)[O-])cc2C1.Cl.O=S(=O)(O)O.O=[N+]([O-])c1ccc2c(c1)CNC2.c1ccc2c(c1)CNC2. The Morgan fingerprint density at radius 2 is 0.872 bits per heavy atom. The number of methoxy groups -OCH3 is 6. The summed E-state index contributed by atoms with van der Waals surface area (Å²) in [5.74, 6) is 1.93. The van der Waals surface area contributed by atoms with Gasteiger partial charge in [-0.1, -0.05) is 103 Å². The van der Waals surface area contributed by atoms with Gasteiger partial charge in [0, 0.05) is 203 Å². The average molecular weight is 1960 g/mol. The molecule has 0 saturated carbocycles. The summed E-state index contributed by atoms with van der Waals surface area (Å²) < 4.78 is 73.4. The largest absolute Gasteiger partial charge is 0.490 e. The van der Waals surface area contributed by atoms with Crippen LogP contribution in [0.1, 0.15) is 87.0 Å². The van der Waals surface area contributed by atoms with Crippen LogP contribution in [0.4, 0.5) is 45.8 Å². The second kappa shape index (κ2) is 59.0. The Morgan fingerprint density at radius 3 is 1.28 bits per heavy atom. The number of hydrogen-bond donors (Lipinski definition) is 10. The van der Waals surface area contributed by atoms with Crippen LogP contribution in [0.2, 0.25) is 5.28 Å². The number of aliphatic hydroxyl groups is 1. The molecule has 8 heterocycles. The number of nitro groups is 2. The fourth-order valence-corrected chi connectivity index (χ4v) is 14.0. The third kappa shape index (κ3) is 39.1. The third-order valence-electron chi connectivity index (χ3n) is 19.8. The molecule has 0 unspecified atom stereocenters. The van der Waals surface area contributed by atoms with Crippen molar-refractivity contribution in [2.75, 3.05) is 135 Å². The maximum atomic E-state index is 11.6. The number of nitrogens with two attached hydrogens (primary N) is 2. The zero-order chi connectivity index (χ0) is 95.9. The molecule has 0 radical (unpaired) electrons. The second-order valence-corrected chi connectivity index (χ2v) is 31.6. The molecule has 8 aromatic carbocycles. The first-order chi connectivity index (χ1) is 63.5. The lowest BCUT2D eigenvalue weighted by Crippen LogP contribution is -2.21. The van der Waals surface area contributed by atoms with Crippen molar-refractivity contribution in [3.63, 3.8) is 0 Å². The van der Waals surface area contributed by atoms with Crippen LogP contribution >= 0.6 is 39.9 Å². The van der Waals surface area contributed by atoms with E-state index in [1.165, 1.54) is 88.2 Å². The van der Waals surface area contributed by atoms with Crippen LogP contribution in [-0.4, -0.2) is 191 Å². The van der Waals surface area contributed by atoms with Crippen molar-refractivity contribution in [3.05, 3.63) is 294 Å². The Kier molecular flexibility index (Phi) is 48.8. The molecule has 6 aliphatic rings. The van der Waals surface area contributed by atoms with Crippen molar-refractivity contribution in [1.29, 1.82) is 0 Å². The molecule has 10 aromatic rings. The minimum Gasteiger partial charge on any atom is -0.490 e. The van der Waals surface area contributed by atoms with E-state index in [2.05, 4.69) is 168 Å². The number of carbonyl (C=O) groups is 2. The number of halogens is 3. The highest BCUT2D eigenvalue weighted by Gasteiger charge is 2.25. The van der Waals surface area contributed by atoms with E-state index in [9.17, 15) is 29.8 Å². The van der Waals surface area contributed by atoms with Gasteiger partial charge in [-0.2, -0.15) is 18.4 Å². The number of nitrogens with one attached hydrogen (secondary N) is 5. The van der Waals surface area contributed by atoms with Crippen LogP contribution in [-0.2, 0) is 117 Å². The van der Waals surface area contributed by atoms with Gasteiger partial charge in [-0.05, 0) is 171 Å². The van der Waals surface area contributed by atoms with E-state index in [1.807, 2.05) is 30.3 Å². The first kappa shape index (κ1) is 110. The minimum atomic E-state index is -4.67. The molecule has 12 N–H and O–H groups in total. The lowest BCUT2D eigenvalue weighted by molar-refractivity contribution is -0.385. The highest BCUT2D eigenvalue weighted by atomic mass is 79.9. The number of amides is 2. The summed E-state index contributed by atoms with van der Waals surface area (Å²) in [7, 11) is 5.17. The van der Waals surface area contributed by atoms with Gasteiger partial charge in [0.1, 0.15) is 11.5 Å². The number of fused-ring (bicyclic) bond motifs is 6. The topological polar surface area (TPSA) is 466 Å². The molecule has 0 spiro atoms. The molecular formula is C93H118BrCl2N17O19S. The van der Waals surface area contributed by atoms with Crippen LogP contribution in [0.25, 0.3) is 0 Å². The number of ether oxygens (including phenoxy) is 8. The number of hydrogen-bond acceptors (Lipinski definition) is 30. The normalized spacial score (nSPS) is 13.1. The van der Waals surface area contributed by atoms with Crippen molar-refractivity contribution >= 4 is 108 Å². The van der Waals surface area contributed by atoms with Crippen LogP contribution in [0.3, 0.4) is 0 Å². The van der Waals surface area contributed by atoms with E-state index in [-0.39, 0.29) is 69.1 Å². The number of nitrogen functional groups attached to an aromatic ring is 2. The molecule has 0 bridgehead atoms. The number of non-ortho nitro benzene ring substituents is 2. The number of aromatic nitrogens is 4. The molecule has 0 aliphatic carbocycles. The molecule has 133 heavy (non-hydrogen) atoms. The van der Waals surface area contributed by atoms with Crippen molar-refractivity contribution in [3.8, 4) is 34.8 Å². The highest BCUT2D eigenvalue weighted by molar-refractivity contribution is 9.09. The van der Waals surface area contributed by atoms with E-state index in [0.717, 1.165) is 164 Å². The fraction of sp³-hybridized carbons (Fsp3) is 0.333. The number of carbonyl (C=O) groups excluding carboxylic acids is 2. The molecule has 40 heteroatoms. The maximum absolute atomic E-state index is 11.6. The molecule has 16 rings (SSSR count). The molecule has 0 saturated heterocycles. The molecule has 0 fully saturated rings. The smallest absolute Gasteiger partial charge is 0.394 e. The van der Waals surface area contributed by atoms with Crippen molar-refractivity contribution in [2.45, 2.75) is 98.8 Å². The molecule has 2 aromatic heterocycles. The number of aliphatic hydroxyl groups excluding tert-OH is 1. The molecule has 6 aliphatic heterocycles. The van der Waals surface area contributed by atoms with E-state index < -0.39 is 10.4 Å². The van der Waals surface area contributed by atoms with Gasteiger partial charge in [0.15, 0.2) is 11.5 Å². The van der Waals surface area contributed by atoms with Crippen LogP contribution < -0.4 is 57.0 Å². The lowest BCUT2D eigenvalue weighted by Gasteiger charge is -2.13. The van der Waals surface area contributed by atoms with Gasteiger partial charge in [0.2, 0.25) is 23.0 Å². The molecule has 2 amide bonds. The number of nitrogens with zero attached hydrogens (tertiary/aromatic N) is 10. The Balaban J connectivity index is 0.000000240. The van der Waals surface area contributed by atoms with E-state index in [0.29, 0.717) is 46.9 Å². The van der Waals surface area contributed by atoms with Crippen molar-refractivity contribution in [2.24, 2.45) is 0 Å². The summed E-state index contributed by atoms with van der Waals surface area (Å²) in [5, 5.41) is 44.6. The van der Waals surface area contributed by atoms with Gasteiger partial charge in [0.05, 0.1) is 62.9 Å². The predicted octanol–water partition coefficient (Wildman–Crippen LogP) is 15.2. The van der Waals surface area contributed by atoms with E-state index >= 15 is 0 Å². The average Bonchev–Trinajstić information content (AvgIpc) is 1.77. The van der Waals surface area contributed by atoms with Gasteiger partial charge in [-0.15, -0.1) is 12.4 Å². The fourth-order valence-electron chi connectivity index (χ4n) is 13.6. The van der Waals surface area contributed by atoms with Gasteiger partial charge < -0.3 is 81.1 Å². The third-order valence-corrected chi connectivity index (χ3v) is 20.3. The predicted molar refractivity (Wildman–Crippen MR) is 520 cm³/mol. The monoisotopic (exact) mass is 1960 g/mol. The van der Waals surface area contributed by atoms with E-state index in [1.54, 1.807) is 114 Å². The Labute approximate surface area is 795 Å². The summed E-state index contributed by atoms with van der Waals surface area (Å²) in [6, 6.07) is 51.0. The van der Waals surface area contributed by atoms with Crippen LogP contribution in [0.15, 0.2) is 201 Å². The van der Waals surface area contributed by atoms with Gasteiger partial charge in [-0.3, -0.25) is 58.5 Å². The van der Waals surface area contributed by atoms with Crippen LogP contribution in [0, 0.1) is 20.2 Å². The van der Waals surface area contributed by atoms with Gasteiger partial charge in [-0.25, -0.2) is 9.97 Å². The number of benzene rings is 8. The number of nitro benzene ring substituents is 2. The summed E-state index contributed by atoms with van der Waals surface area (Å²) in [5.41, 5.74) is 31.2. The van der Waals surface area contributed by atoms with Crippen molar-refractivity contribution in [1.82, 2.24) is 50.2 Å². The zero-order valence-electron chi connectivity index (χ0n) is 75.6. The van der Waals surface area contributed by atoms with E-state index in [4.69, 9.17) is 78.9 Å². The van der Waals surface area contributed by atoms with Gasteiger partial charge in [0.25, 0.3) is 23.1 Å². The molecule has 716 valence electrons. The summed E-state index contributed by atoms with van der Waals surface area (Å²) in [6.45, 7) is 29.3. The second-order valence-electron chi connectivity index (χ2n) is 29.6. The first-order valence-corrected chi connectivity index (χ1v) is 44.7. The minimum absolute atomic E-state index is 0. The van der Waals surface area contributed by atoms with Crippen molar-refractivity contribution < 1.29 is 80.0 Å². The first-order valence-electron chi connectivity index (χ1n) is 41.8. The summed E-state index contributed by atoms with van der Waals surface area (Å²) in [6.07, 6.45) is 6.50. The Morgan fingerprint density at radius 1 is 0.504 bits per heavy atom. The Bertz CT molecular complexity index is 5410. The quantitative estimate of drug-likeness (QED) is 0.00435. The summed E-state index contributed by atoms with van der Waals surface area (Å²) >= 11 is 8.92. The molecular weight excluding hydrogens is 1840 g/mol. The maximum Gasteiger partial charge on any atom is 0.394 e. The highest BCUT2D eigenvalue weighted by Crippen LogP contribution is 2.36. The number of anilines is 6.